The predicted octanol–water partition coefficient (Wildman–Crippen LogP) is 4.15. The predicted molar refractivity (Wildman–Crippen MR) is 113 cm³/mol. The summed E-state index contributed by atoms with van der Waals surface area (Å²) >= 11 is 3.40. The Morgan fingerprint density at radius 3 is 2.55 bits per heavy atom. The molecule has 0 radical (unpaired) electrons. The third kappa shape index (κ3) is 3.45. The van der Waals surface area contributed by atoms with E-state index in [2.05, 4.69) is 15.9 Å². The molecule has 0 spiro atoms. The summed E-state index contributed by atoms with van der Waals surface area (Å²) in [6, 6.07) is 12.1. The number of hydrogen-bond acceptors (Lipinski definition) is 5. The smallest absolute Gasteiger partial charge is 0.290 e. The van der Waals surface area contributed by atoms with E-state index in [1.165, 1.54) is 0 Å². The second-order valence-corrected chi connectivity index (χ2v) is 7.75. The minimum Gasteiger partial charge on any atom is -0.497 e. The van der Waals surface area contributed by atoms with Crippen molar-refractivity contribution in [1.29, 1.82) is 0 Å². The van der Waals surface area contributed by atoms with Crippen LogP contribution in [0.3, 0.4) is 0 Å². The van der Waals surface area contributed by atoms with E-state index in [0.717, 1.165) is 10.0 Å². The number of rotatable bonds is 6. The first-order valence-corrected chi connectivity index (χ1v) is 10.0. The van der Waals surface area contributed by atoms with E-state index in [1.54, 1.807) is 37.3 Å². The number of methoxy groups -OCH3 is 2. The van der Waals surface area contributed by atoms with Gasteiger partial charge in [0.15, 0.2) is 5.43 Å². The normalized spacial score (nSPS) is 15.8. The lowest BCUT2D eigenvalue weighted by Gasteiger charge is -2.25. The van der Waals surface area contributed by atoms with Crippen molar-refractivity contribution in [3.63, 3.8) is 0 Å². The van der Waals surface area contributed by atoms with Crippen molar-refractivity contribution in [2.75, 3.05) is 27.4 Å². The third-order valence-electron chi connectivity index (χ3n) is 5.11. The van der Waals surface area contributed by atoms with Crippen molar-refractivity contribution in [3.05, 3.63) is 74.0 Å². The molecular weight excluding hydrogens is 438 g/mol. The van der Waals surface area contributed by atoms with Crippen LogP contribution >= 0.6 is 15.9 Å². The fourth-order valence-corrected chi connectivity index (χ4v) is 4.10. The van der Waals surface area contributed by atoms with Crippen LogP contribution in [0.1, 0.15) is 34.1 Å². The zero-order valence-corrected chi connectivity index (χ0v) is 17.7. The summed E-state index contributed by atoms with van der Waals surface area (Å²) in [7, 11) is 3.22. The maximum Gasteiger partial charge on any atom is 0.290 e. The van der Waals surface area contributed by atoms with Gasteiger partial charge in [0.1, 0.15) is 11.3 Å². The van der Waals surface area contributed by atoms with Crippen molar-refractivity contribution in [2.45, 2.75) is 12.5 Å². The molecule has 150 valence electrons. The van der Waals surface area contributed by atoms with Gasteiger partial charge in [0.05, 0.1) is 24.1 Å². The van der Waals surface area contributed by atoms with Gasteiger partial charge < -0.3 is 18.8 Å². The minimum atomic E-state index is -0.514. The molecule has 3 aromatic rings. The zero-order valence-electron chi connectivity index (χ0n) is 16.1. The van der Waals surface area contributed by atoms with E-state index in [9.17, 15) is 9.59 Å². The number of fused-ring (bicyclic) bond motifs is 2. The van der Waals surface area contributed by atoms with Crippen molar-refractivity contribution < 1.29 is 18.7 Å². The zero-order chi connectivity index (χ0) is 20.5. The molecule has 6 nitrogen and oxygen atoms in total. The molecule has 4 rings (SSSR count). The van der Waals surface area contributed by atoms with E-state index in [4.69, 9.17) is 13.9 Å². The number of halogens is 1. The molecule has 0 bridgehead atoms. The van der Waals surface area contributed by atoms with Crippen molar-refractivity contribution in [1.82, 2.24) is 4.90 Å². The van der Waals surface area contributed by atoms with Crippen molar-refractivity contribution in [2.24, 2.45) is 0 Å². The molecular formula is C22H20BrNO5. The van der Waals surface area contributed by atoms with Gasteiger partial charge in [0, 0.05) is 24.7 Å². The first-order valence-electron chi connectivity index (χ1n) is 9.25. The highest BCUT2D eigenvalue weighted by molar-refractivity contribution is 9.10. The Kier molecular flexibility index (Phi) is 5.43. The molecule has 1 aromatic heterocycles. The van der Waals surface area contributed by atoms with E-state index in [0.29, 0.717) is 41.9 Å². The highest BCUT2D eigenvalue weighted by Crippen LogP contribution is 2.38. The van der Waals surface area contributed by atoms with Crippen LogP contribution in [0, 0.1) is 0 Å². The largest absolute Gasteiger partial charge is 0.497 e. The van der Waals surface area contributed by atoms with Crippen LogP contribution in [-0.2, 0) is 4.74 Å². The molecule has 1 unspecified atom stereocenters. The number of carbonyl (C=O) groups is 1. The van der Waals surface area contributed by atoms with Gasteiger partial charge in [-0.05, 0) is 42.3 Å². The van der Waals surface area contributed by atoms with Gasteiger partial charge in [0.2, 0.25) is 5.76 Å². The maximum absolute atomic E-state index is 13.4. The molecule has 0 fully saturated rings. The summed E-state index contributed by atoms with van der Waals surface area (Å²) in [5, 5.41) is 0.447. The topological polar surface area (TPSA) is 69.0 Å². The molecule has 1 atom stereocenters. The standard InChI is InChI=1S/C22H20BrNO5/c1-27-11-3-10-24-19(13-4-7-15(28-2)8-5-13)18-20(25)16-12-14(23)6-9-17(16)29-21(18)22(24)26/h4-9,12,19H,3,10-11H2,1-2H3. The van der Waals surface area contributed by atoms with Gasteiger partial charge in [-0.1, -0.05) is 28.1 Å². The van der Waals surface area contributed by atoms with E-state index < -0.39 is 6.04 Å². The average Bonchev–Trinajstić information content (AvgIpc) is 3.01. The molecule has 2 aromatic carbocycles. The lowest BCUT2D eigenvalue weighted by atomic mass is 9.98. The molecule has 0 saturated carbocycles. The summed E-state index contributed by atoms with van der Waals surface area (Å²) in [5.41, 5.74) is 1.42. The summed E-state index contributed by atoms with van der Waals surface area (Å²) in [6.45, 7) is 0.971. The average molecular weight is 458 g/mol. The number of carbonyl (C=O) groups excluding carboxylic acids is 1. The van der Waals surface area contributed by atoms with Crippen LogP contribution in [0.25, 0.3) is 11.0 Å². The minimum absolute atomic E-state index is 0.114. The summed E-state index contributed by atoms with van der Waals surface area (Å²) < 4.78 is 17.1. The highest BCUT2D eigenvalue weighted by atomic mass is 79.9. The maximum atomic E-state index is 13.4. The van der Waals surface area contributed by atoms with Gasteiger partial charge in [-0.3, -0.25) is 9.59 Å². The van der Waals surface area contributed by atoms with Crippen LogP contribution in [0.4, 0.5) is 0 Å². The molecule has 29 heavy (non-hydrogen) atoms. The number of ether oxygens (including phenoxy) is 2. The van der Waals surface area contributed by atoms with Crippen LogP contribution in [0.2, 0.25) is 0 Å². The Balaban J connectivity index is 1.90. The van der Waals surface area contributed by atoms with Crippen molar-refractivity contribution >= 4 is 32.8 Å². The second-order valence-electron chi connectivity index (χ2n) is 6.84. The molecule has 0 aliphatic carbocycles. The molecule has 1 aliphatic rings. The van der Waals surface area contributed by atoms with Gasteiger partial charge >= 0.3 is 0 Å². The Hall–Kier alpha value is -2.64. The first-order chi connectivity index (χ1) is 14.0. The molecule has 0 saturated heterocycles. The SMILES string of the molecule is COCCCN1C(=O)c2oc3ccc(Br)cc3c(=O)c2C1c1ccc(OC)cc1. The summed E-state index contributed by atoms with van der Waals surface area (Å²) in [4.78, 5) is 28.3. The number of benzene rings is 2. The number of hydrogen-bond donors (Lipinski definition) is 0. The lowest BCUT2D eigenvalue weighted by molar-refractivity contribution is 0.0708. The molecule has 0 N–H and O–H groups in total. The fraction of sp³-hybridized carbons (Fsp3) is 0.273. The monoisotopic (exact) mass is 457 g/mol. The molecule has 1 amide bonds. The summed E-state index contributed by atoms with van der Waals surface area (Å²) in [6.07, 6.45) is 0.655. The lowest BCUT2D eigenvalue weighted by Crippen LogP contribution is -2.31. The number of nitrogens with zero attached hydrogens (tertiary/aromatic N) is 1. The van der Waals surface area contributed by atoms with Crippen molar-refractivity contribution in [3.8, 4) is 5.75 Å². The molecule has 2 heterocycles. The van der Waals surface area contributed by atoms with Gasteiger partial charge in [-0.15, -0.1) is 0 Å². The Labute approximate surface area is 176 Å². The quantitative estimate of drug-likeness (QED) is 0.520. The number of amides is 1. The van der Waals surface area contributed by atoms with E-state index in [1.807, 2.05) is 24.3 Å². The Morgan fingerprint density at radius 2 is 1.86 bits per heavy atom. The van der Waals surface area contributed by atoms with Crippen LogP contribution in [-0.4, -0.2) is 38.2 Å². The fourth-order valence-electron chi connectivity index (χ4n) is 3.74. The van der Waals surface area contributed by atoms with Gasteiger partial charge in [-0.2, -0.15) is 0 Å². The van der Waals surface area contributed by atoms with Gasteiger partial charge in [-0.25, -0.2) is 0 Å². The molecule has 1 aliphatic heterocycles. The first kappa shape index (κ1) is 19.7. The Morgan fingerprint density at radius 1 is 1.10 bits per heavy atom. The molecule has 7 heteroatoms. The van der Waals surface area contributed by atoms with Crippen LogP contribution in [0.15, 0.2) is 56.1 Å². The van der Waals surface area contributed by atoms with Crippen LogP contribution < -0.4 is 10.2 Å². The van der Waals surface area contributed by atoms with E-state index >= 15 is 0 Å². The van der Waals surface area contributed by atoms with Crippen LogP contribution in [0.5, 0.6) is 5.75 Å². The highest BCUT2D eigenvalue weighted by Gasteiger charge is 2.42. The summed E-state index contributed by atoms with van der Waals surface area (Å²) in [5.74, 6) is 0.542. The van der Waals surface area contributed by atoms with E-state index in [-0.39, 0.29) is 17.1 Å². The third-order valence-corrected chi connectivity index (χ3v) is 5.60. The second kappa shape index (κ2) is 8.00. The Bertz CT molecular complexity index is 1120. The van der Waals surface area contributed by atoms with Gasteiger partial charge in [0.25, 0.3) is 5.91 Å².